The zero-order valence-corrected chi connectivity index (χ0v) is 25.3. The van der Waals surface area contributed by atoms with Gasteiger partial charge >= 0.3 is 5.97 Å². The number of hydrogen-bond acceptors (Lipinski definition) is 3. The number of allylic oxidation sites excluding steroid dienone is 1. The van der Waals surface area contributed by atoms with Crippen LogP contribution in [0.3, 0.4) is 0 Å². The number of unbranched alkanes of at least 4 members (excludes halogenated alkanes) is 12. The molecule has 218 valence electrons. The van der Waals surface area contributed by atoms with Crippen molar-refractivity contribution < 1.29 is 14.6 Å². The van der Waals surface area contributed by atoms with E-state index in [9.17, 15) is 9.90 Å². The molecule has 3 saturated carbocycles. The Morgan fingerprint density at radius 1 is 0.842 bits per heavy atom. The van der Waals surface area contributed by atoms with Crippen molar-refractivity contribution in [3.8, 4) is 0 Å². The van der Waals surface area contributed by atoms with E-state index in [2.05, 4.69) is 26.8 Å². The summed E-state index contributed by atoms with van der Waals surface area (Å²) in [4.78, 5) is 12.8. The van der Waals surface area contributed by atoms with E-state index in [0.717, 1.165) is 43.9 Å². The number of carbonyl (C=O) groups is 1. The van der Waals surface area contributed by atoms with Gasteiger partial charge in [-0.2, -0.15) is 0 Å². The van der Waals surface area contributed by atoms with Crippen molar-refractivity contribution in [2.24, 2.45) is 28.6 Å². The summed E-state index contributed by atoms with van der Waals surface area (Å²) in [6.45, 7) is 7.22. The van der Waals surface area contributed by atoms with Crippen molar-refractivity contribution in [3.05, 3.63) is 11.6 Å². The van der Waals surface area contributed by atoms with Crippen molar-refractivity contribution in [1.82, 2.24) is 0 Å². The molecule has 4 rings (SSSR count). The molecule has 2 unspecified atom stereocenters. The maximum absolute atomic E-state index is 12.8. The van der Waals surface area contributed by atoms with Crippen LogP contribution in [0.5, 0.6) is 0 Å². The van der Waals surface area contributed by atoms with Crippen LogP contribution >= 0.6 is 0 Å². The van der Waals surface area contributed by atoms with Gasteiger partial charge in [-0.3, -0.25) is 4.79 Å². The molecule has 4 aliphatic rings. The van der Waals surface area contributed by atoms with E-state index in [0.29, 0.717) is 12.3 Å². The van der Waals surface area contributed by atoms with Crippen LogP contribution in [0.25, 0.3) is 0 Å². The van der Waals surface area contributed by atoms with Crippen molar-refractivity contribution in [2.45, 2.75) is 174 Å². The van der Waals surface area contributed by atoms with Gasteiger partial charge in [-0.25, -0.2) is 0 Å². The molecule has 3 nitrogen and oxygen atoms in total. The topological polar surface area (TPSA) is 46.5 Å². The summed E-state index contributed by atoms with van der Waals surface area (Å²) in [5.74, 6) is 2.20. The van der Waals surface area contributed by atoms with Gasteiger partial charge in [0.05, 0.1) is 6.10 Å². The predicted octanol–water partition coefficient (Wildman–Crippen LogP) is 9.70. The van der Waals surface area contributed by atoms with E-state index in [1.165, 1.54) is 103 Å². The Morgan fingerprint density at radius 3 is 2.13 bits per heavy atom. The van der Waals surface area contributed by atoms with E-state index in [-0.39, 0.29) is 29.0 Å². The fraction of sp³-hybridized carbons (Fsp3) is 0.914. The first-order chi connectivity index (χ1) is 18.4. The smallest absolute Gasteiger partial charge is 0.306 e. The van der Waals surface area contributed by atoms with Gasteiger partial charge in [-0.1, -0.05) is 109 Å². The van der Waals surface area contributed by atoms with E-state index in [4.69, 9.17) is 4.74 Å². The summed E-state index contributed by atoms with van der Waals surface area (Å²) >= 11 is 0. The first kappa shape index (κ1) is 30.1. The first-order valence-corrected chi connectivity index (χ1v) is 17.0. The Bertz CT molecular complexity index is 773. The SMILES string of the molecule is CCCCCCCCCCCCCCCC(=O)OC1CC[C@H]2[C@@H]3CC=C4CC(O)CC[C@]4(C)[C@H]3CC[C@]12C. The molecule has 0 radical (unpaired) electrons. The fourth-order valence-corrected chi connectivity index (χ4v) is 9.29. The molecule has 0 aromatic rings. The van der Waals surface area contributed by atoms with E-state index in [1.807, 2.05) is 0 Å². The number of fused-ring (bicyclic) bond motifs is 5. The highest BCUT2D eigenvalue weighted by Gasteiger charge is 2.59. The minimum absolute atomic E-state index is 0.0566. The zero-order valence-electron chi connectivity index (χ0n) is 25.3. The van der Waals surface area contributed by atoms with Gasteiger partial charge in [0.2, 0.25) is 0 Å². The molecule has 0 amide bonds. The van der Waals surface area contributed by atoms with Crippen LogP contribution in [0.15, 0.2) is 11.6 Å². The molecule has 3 heteroatoms. The van der Waals surface area contributed by atoms with Gasteiger partial charge in [-0.15, -0.1) is 0 Å². The summed E-state index contributed by atoms with van der Waals surface area (Å²) in [7, 11) is 0. The lowest BCUT2D eigenvalue weighted by Gasteiger charge is -2.57. The van der Waals surface area contributed by atoms with Gasteiger partial charge in [0.25, 0.3) is 0 Å². The number of hydrogen-bond donors (Lipinski definition) is 1. The summed E-state index contributed by atoms with van der Waals surface area (Å²) in [6.07, 6.45) is 29.3. The third kappa shape index (κ3) is 7.08. The normalized spacial score (nSPS) is 36.2. The Balaban J connectivity index is 1.12. The van der Waals surface area contributed by atoms with Crippen molar-refractivity contribution in [3.63, 3.8) is 0 Å². The third-order valence-electron chi connectivity index (χ3n) is 11.7. The number of carbonyl (C=O) groups excluding carboxylic acids is 1. The van der Waals surface area contributed by atoms with Crippen molar-refractivity contribution in [2.75, 3.05) is 0 Å². The van der Waals surface area contributed by atoms with Gasteiger partial charge < -0.3 is 9.84 Å². The average molecular weight is 529 g/mol. The Kier molecular flexibility index (Phi) is 11.2. The largest absolute Gasteiger partial charge is 0.462 e. The maximum atomic E-state index is 12.8. The molecule has 0 heterocycles. The summed E-state index contributed by atoms with van der Waals surface area (Å²) in [5.41, 5.74) is 1.98. The average Bonchev–Trinajstić information content (AvgIpc) is 3.23. The lowest BCUT2D eigenvalue weighted by Crippen LogP contribution is -2.51. The van der Waals surface area contributed by atoms with Crippen LogP contribution in [0.2, 0.25) is 0 Å². The zero-order chi connectivity index (χ0) is 27.0. The number of esters is 1. The summed E-state index contributed by atoms with van der Waals surface area (Å²) in [5, 5.41) is 10.3. The lowest BCUT2D eigenvalue weighted by molar-refractivity contribution is -0.159. The van der Waals surface area contributed by atoms with Crippen LogP contribution in [-0.2, 0) is 9.53 Å². The summed E-state index contributed by atoms with van der Waals surface area (Å²) in [6, 6.07) is 0. The molecule has 1 N–H and O–H groups in total. The molecule has 38 heavy (non-hydrogen) atoms. The minimum Gasteiger partial charge on any atom is -0.462 e. The summed E-state index contributed by atoms with van der Waals surface area (Å²) < 4.78 is 6.23. The quantitative estimate of drug-likeness (QED) is 0.131. The van der Waals surface area contributed by atoms with Crippen LogP contribution in [0, 0.1) is 28.6 Å². The van der Waals surface area contributed by atoms with Crippen LogP contribution in [-0.4, -0.2) is 23.3 Å². The maximum Gasteiger partial charge on any atom is 0.306 e. The molecular weight excluding hydrogens is 468 g/mol. The van der Waals surface area contributed by atoms with E-state index < -0.39 is 0 Å². The minimum atomic E-state index is -0.134. The standard InChI is InChI=1S/C35H60O3/c1-4-5-6-7-8-9-10-11-12-13-14-15-16-17-33(37)38-32-21-20-30-29-19-18-27-26-28(36)22-24-34(27,2)31(29)23-25-35(30,32)3/h18,28-32,36H,4-17,19-26H2,1-3H3/t28?,29-,30-,31-,32?,34-,35-/m0/s1. The fourth-order valence-electron chi connectivity index (χ4n) is 9.29. The van der Waals surface area contributed by atoms with Crippen molar-refractivity contribution in [1.29, 1.82) is 0 Å². The Morgan fingerprint density at radius 2 is 1.47 bits per heavy atom. The Hall–Kier alpha value is -0.830. The lowest BCUT2D eigenvalue weighted by atomic mass is 9.48. The van der Waals surface area contributed by atoms with Crippen LogP contribution in [0.1, 0.15) is 162 Å². The molecule has 0 bridgehead atoms. The molecule has 0 spiro atoms. The molecule has 0 saturated heterocycles. The van der Waals surface area contributed by atoms with E-state index in [1.54, 1.807) is 5.57 Å². The molecule has 0 aromatic carbocycles. The molecule has 7 atom stereocenters. The molecule has 0 aliphatic heterocycles. The van der Waals surface area contributed by atoms with Crippen LogP contribution < -0.4 is 0 Å². The number of aliphatic hydroxyl groups excluding tert-OH is 1. The van der Waals surface area contributed by atoms with Gasteiger partial charge in [0.1, 0.15) is 6.10 Å². The predicted molar refractivity (Wildman–Crippen MR) is 158 cm³/mol. The van der Waals surface area contributed by atoms with Crippen LogP contribution in [0.4, 0.5) is 0 Å². The molecule has 3 fully saturated rings. The molecular formula is C35H60O3. The third-order valence-corrected chi connectivity index (χ3v) is 11.7. The highest BCUT2D eigenvalue weighted by atomic mass is 16.5. The second-order valence-corrected chi connectivity index (χ2v) is 14.2. The second kappa shape index (κ2) is 14.2. The van der Waals surface area contributed by atoms with Gasteiger partial charge in [0, 0.05) is 11.8 Å². The highest BCUT2D eigenvalue weighted by Crippen LogP contribution is 2.65. The number of rotatable bonds is 15. The van der Waals surface area contributed by atoms with Crippen molar-refractivity contribution >= 4 is 5.97 Å². The molecule has 0 aromatic heterocycles. The first-order valence-electron chi connectivity index (χ1n) is 17.0. The molecule has 4 aliphatic carbocycles. The highest BCUT2D eigenvalue weighted by molar-refractivity contribution is 5.69. The van der Waals surface area contributed by atoms with Gasteiger partial charge in [-0.05, 0) is 81.0 Å². The number of ether oxygens (including phenoxy) is 1. The monoisotopic (exact) mass is 528 g/mol. The second-order valence-electron chi connectivity index (χ2n) is 14.2. The number of aliphatic hydroxyl groups is 1. The van der Waals surface area contributed by atoms with Gasteiger partial charge in [0.15, 0.2) is 0 Å². The Labute approximate surface area is 235 Å². The van der Waals surface area contributed by atoms with E-state index >= 15 is 0 Å².